The van der Waals surface area contributed by atoms with Gasteiger partial charge in [-0.15, -0.1) is 0 Å². The van der Waals surface area contributed by atoms with Crippen LogP contribution in [0.2, 0.25) is 0 Å². The van der Waals surface area contributed by atoms with E-state index in [1.54, 1.807) is 0 Å². The van der Waals surface area contributed by atoms with Crippen molar-refractivity contribution in [1.82, 2.24) is 4.98 Å². The molecule has 51 heavy (non-hydrogen) atoms. The molecule has 0 amide bonds. The fraction of sp³-hybridized carbons (Fsp3) is 0. The van der Waals surface area contributed by atoms with Crippen molar-refractivity contribution in [2.75, 3.05) is 4.90 Å². The van der Waals surface area contributed by atoms with E-state index in [4.69, 9.17) is 13.8 Å². The maximum atomic E-state index is 6.59. The van der Waals surface area contributed by atoms with Gasteiger partial charge in [0.1, 0.15) is 16.7 Å². The first-order valence-electron chi connectivity index (χ1n) is 17.1. The number of para-hydroxylation sites is 3. The van der Waals surface area contributed by atoms with Gasteiger partial charge in [-0.25, -0.2) is 4.98 Å². The molecule has 0 N–H and O–H groups in total. The SMILES string of the molecule is c1ccc(-c2ccccc2N(c2ccc(-c3cccc4ccccc34)cc2)c2ccc3c(c2)oc2cccc(-c4nc5ccccc5o4)c23)cc1. The molecule has 0 aliphatic rings. The number of nitrogens with zero attached hydrogens (tertiary/aromatic N) is 2. The van der Waals surface area contributed by atoms with E-state index < -0.39 is 0 Å². The standard InChI is InChI=1S/C47H30N2O2/c1-2-12-32(13-3-1)38-17-6-8-21-42(38)49(34-26-24-33(25-27-34)37-18-10-15-31-14-4-5-16-36(31)37)35-28-29-39-45(30-35)50-44-23-11-19-40(46(39)44)47-48-41-20-7-9-22-43(41)51-47/h1-30H. The largest absolute Gasteiger partial charge is 0.456 e. The van der Waals surface area contributed by atoms with E-state index >= 15 is 0 Å². The maximum Gasteiger partial charge on any atom is 0.228 e. The fourth-order valence-electron chi connectivity index (χ4n) is 7.34. The quantitative estimate of drug-likeness (QED) is 0.179. The minimum atomic E-state index is 0.582. The molecule has 0 atom stereocenters. The van der Waals surface area contributed by atoms with Gasteiger partial charge in [0.05, 0.1) is 5.69 Å². The van der Waals surface area contributed by atoms with Gasteiger partial charge in [-0.1, -0.05) is 121 Å². The van der Waals surface area contributed by atoms with E-state index in [0.29, 0.717) is 5.89 Å². The minimum Gasteiger partial charge on any atom is -0.456 e. The van der Waals surface area contributed by atoms with Crippen LogP contribution in [-0.2, 0) is 0 Å². The zero-order chi connectivity index (χ0) is 33.7. The van der Waals surface area contributed by atoms with Crippen molar-refractivity contribution in [2.24, 2.45) is 0 Å². The second kappa shape index (κ2) is 11.9. The smallest absolute Gasteiger partial charge is 0.228 e. The molecule has 0 radical (unpaired) electrons. The maximum absolute atomic E-state index is 6.59. The molecule has 4 nitrogen and oxygen atoms in total. The second-order valence-electron chi connectivity index (χ2n) is 12.7. The number of furan rings is 1. The molecule has 0 aliphatic heterocycles. The summed E-state index contributed by atoms with van der Waals surface area (Å²) < 4.78 is 12.8. The van der Waals surface area contributed by atoms with Crippen LogP contribution in [0.1, 0.15) is 0 Å². The first-order chi connectivity index (χ1) is 25.3. The van der Waals surface area contributed by atoms with Gasteiger partial charge in [0.2, 0.25) is 5.89 Å². The Morgan fingerprint density at radius 2 is 1.08 bits per heavy atom. The Morgan fingerprint density at radius 3 is 1.98 bits per heavy atom. The molecular formula is C47H30N2O2. The zero-order valence-corrected chi connectivity index (χ0v) is 27.5. The summed E-state index contributed by atoms with van der Waals surface area (Å²) in [6, 6.07) is 63.5. The summed E-state index contributed by atoms with van der Waals surface area (Å²) in [5.74, 6) is 0.582. The molecule has 0 aliphatic carbocycles. The van der Waals surface area contributed by atoms with E-state index in [-0.39, 0.29) is 0 Å². The summed E-state index contributed by atoms with van der Waals surface area (Å²) in [6.45, 7) is 0. The van der Waals surface area contributed by atoms with Crippen molar-refractivity contribution in [1.29, 1.82) is 0 Å². The molecule has 0 unspecified atom stereocenters. The highest BCUT2D eigenvalue weighted by molar-refractivity contribution is 6.12. The van der Waals surface area contributed by atoms with Crippen molar-refractivity contribution in [2.45, 2.75) is 0 Å². The highest BCUT2D eigenvalue weighted by Gasteiger charge is 2.21. The lowest BCUT2D eigenvalue weighted by Crippen LogP contribution is -2.11. The molecular weight excluding hydrogens is 625 g/mol. The fourth-order valence-corrected chi connectivity index (χ4v) is 7.34. The number of hydrogen-bond donors (Lipinski definition) is 0. The Hall–Kier alpha value is -6.91. The van der Waals surface area contributed by atoms with Gasteiger partial charge < -0.3 is 13.7 Å². The van der Waals surface area contributed by atoms with Gasteiger partial charge in [0.25, 0.3) is 0 Å². The third-order valence-electron chi connectivity index (χ3n) is 9.72. The first-order valence-corrected chi connectivity index (χ1v) is 17.1. The summed E-state index contributed by atoms with van der Waals surface area (Å²) in [6.07, 6.45) is 0. The molecule has 2 heterocycles. The Labute approximate surface area is 294 Å². The van der Waals surface area contributed by atoms with E-state index in [1.165, 1.54) is 21.9 Å². The summed E-state index contributed by atoms with van der Waals surface area (Å²) in [5, 5.41) is 4.47. The Bertz CT molecular complexity index is 2830. The van der Waals surface area contributed by atoms with Crippen LogP contribution in [0, 0.1) is 0 Å². The summed E-state index contributed by atoms with van der Waals surface area (Å²) in [7, 11) is 0. The van der Waals surface area contributed by atoms with Crippen molar-refractivity contribution < 1.29 is 8.83 Å². The molecule has 0 saturated heterocycles. The van der Waals surface area contributed by atoms with Crippen LogP contribution in [0.3, 0.4) is 0 Å². The molecule has 10 rings (SSSR count). The van der Waals surface area contributed by atoms with Gasteiger partial charge in [-0.2, -0.15) is 0 Å². The third-order valence-corrected chi connectivity index (χ3v) is 9.72. The van der Waals surface area contributed by atoms with Crippen molar-refractivity contribution in [3.8, 4) is 33.7 Å². The molecule has 0 spiro atoms. The summed E-state index contributed by atoms with van der Waals surface area (Å²) in [4.78, 5) is 7.14. The molecule has 4 heteroatoms. The van der Waals surface area contributed by atoms with E-state index in [2.05, 4.69) is 150 Å². The van der Waals surface area contributed by atoms with E-state index in [1.807, 2.05) is 36.4 Å². The van der Waals surface area contributed by atoms with Gasteiger partial charge >= 0.3 is 0 Å². The summed E-state index contributed by atoms with van der Waals surface area (Å²) >= 11 is 0. The minimum absolute atomic E-state index is 0.582. The third kappa shape index (κ3) is 4.96. The van der Waals surface area contributed by atoms with Crippen LogP contribution in [0.15, 0.2) is 191 Å². The second-order valence-corrected chi connectivity index (χ2v) is 12.7. The molecule has 10 aromatic rings. The lowest BCUT2D eigenvalue weighted by atomic mass is 9.97. The molecule has 0 saturated carbocycles. The summed E-state index contributed by atoms with van der Waals surface area (Å²) in [5.41, 5.74) is 11.9. The molecule has 0 bridgehead atoms. The zero-order valence-electron chi connectivity index (χ0n) is 27.5. The monoisotopic (exact) mass is 654 g/mol. The molecule has 0 fully saturated rings. The van der Waals surface area contributed by atoms with Crippen LogP contribution in [-0.4, -0.2) is 4.98 Å². The number of rotatable bonds is 6. The predicted molar refractivity (Wildman–Crippen MR) is 210 cm³/mol. The number of aromatic nitrogens is 1. The lowest BCUT2D eigenvalue weighted by Gasteiger charge is -2.28. The Kier molecular flexibility index (Phi) is 6.78. The average molecular weight is 655 g/mol. The molecule has 240 valence electrons. The van der Waals surface area contributed by atoms with Crippen molar-refractivity contribution in [3.63, 3.8) is 0 Å². The Morgan fingerprint density at radius 1 is 0.412 bits per heavy atom. The number of fused-ring (bicyclic) bond motifs is 5. The van der Waals surface area contributed by atoms with Gasteiger partial charge in [0, 0.05) is 39.3 Å². The highest BCUT2D eigenvalue weighted by atomic mass is 16.3. The van der Waals surface area contributed by atoms with Crippen molar-refractivity contribution in [3.05, 3.63) is 182 Å². The molecule has 2 aromatic heterocycles. The average Bonchev–Trinajstić information content (AvgIpc) is 3.80. The number of hydrogen-bond acceptors (Lipinski definition) is 4. The number of oxazole rings is 1. The Balaban J connectivity index is 1.14. The topological polar surface area (TPSA) is 42.4 Å². The predicted octanol–water partition coefficient (Wildman–Crippen LogP) is 13.4. The van der Waals surface area contributed by atoms with Crippen molar-refractivity contribution >= 4 is 60.9 Å². The molecule has 8 aromatic carbocycles. The van der Waals surface area contributed by atoms with Gasteiger partial charge in [-0.05, 0) is 82.1 Å². The van der Waals surface area contributed by atoms with Crippen LogP contribution >= 0.6 is 0 Å². The van der Waals surface area contributed by atoms with Crippen LogP contribution < -0.4 is 4.90 Å². The van der Waals surface area contributed by atoms with Crippen LogP contribution in [0.5, 0.6) is 0 Å². The first kappa shape index (κ1) is 29.0. The van der Waals surface area contributed by atoms with Gasteiger partial charge in [0.15, 0.2) is 5.58 Å². The highest BCUT2D eigenvalue weighted by Crippen LogP contribution is 2.44. The normalized spacial score (nSPS) is 11.5. The van der Waals surface area contributed by atoms with E-state index in [0.717, 1.165) is 66.8 Å². The number of benzene rings is 8. The number of anilines is 3. The van der Waals surface area contributed by atoms with Gasteiger partial charge in [-0.3, -0.25) is 0 Å². The lowest BCUT2D eigenvalue weighted by molar-refractivity contribution is 0.620. The van der Waals surface area contributed by atoms with E-state index in [9.17, 15) is 0 Å². The van der Waals surface area contributed by atoms with Crippen LogP contribution in [0.25, 0.3) is 77.5 Å². The van der Waals surface area contributed by atoms with Crippen LogP contribution in [0.4, 0.5) is 17.1 Å².